The molecule has 1 saturated heterocycles. The highest BCUT2D eigenvalue weighted by atomic mass is 32.2. The summed E-state index contributed by atoms with van der Waals surface area (Å²) in [6.07, 6.45) is 6.74. The second-order valence-electron chi connectivity index (χ2n) is 6.51. The summed E-state index contributed by atoms with van der Waals surface area (Å²) < 4.78 is 2.04. The Labute approximate surface area is 162 Å². The Balaban J connectivity index is 1.43. The number of nitrogens with zero attached hydrogens (tertiary/aromatic N) is 3. The van der Waals surface area contributed by atoms with Crippen LogP contribution in [0.15, 0.2) is 48.9 Å². The largest absolute Gasteiger partial charge is 0.349 e. The molecule has 3 heterocycles. The molecule has 0 spiro atoms. The van der Waals surface area contributed by atoms with E-state index in [9.17, 15) is 4.79 Å². The van der Waals surface area contributed by atoms with Crippen LogP contribution in [0.2, 0.25) is 0 Å². The summed E-state index contributed by atoms with van der Waals surface area (Å²) in [6.45, 7) is 3.41. The van der Waals surface area contributed by atoms with Gasteiger partial charge >= 0.3 is 0 Å². The van der Waals surface area contributed by atoms with E-state index in [1.54, 1.807) is 16.7 Å². The van der Waals surface area contributed by atoms with Gasteiger partial charge in [-0.1, -0.05) is 48.2 Å². The molecule has 0 radical (unpaired) electrons. The maximum atomic E-state index is 13.0. The number of fused-ring (bicyclic) bond motifs is 1. The molecule has 5 nitrogen and oxygen atoms in total. The van der Waals surface area contributed by atoms with Crippen molar-refractivity contribution in [3.63, 3.8) is 0 Å². The molecule has 2 aliphatic rings. The monoisotopic (exact) mass is 384 g/mol. The molecule has 0 bridgehead atoms. The van der Waals surface area contributed by atoms with E-state index in [1.165, 1.54) is 0 Å². The van der Waals surface area contributed by atoms with E-state index in [0.29, 0.717) is 11.7 Å². The number of hydrogen-bond donors (Lipinski definition) is 1. The molecule has 2 aliphatic heterocycles. The number of rotatable bonds is 5. The topological polar surface area (TPSA) is 50.2 Å². The smallest absolute Gasteiger partial charge is 0.238 e. The number of thiocarbonyl (C=S) groups is 1. The Hall–Kier alpha value is -2.12. The van der Waals surface area contributed by atoms with Gasteiger partial charge in [0, 0.05) is 24.2 Å². The van der Waals surface area contributed by atoms with Gasteiger partial charge in [-0.2, -0.15) is 0 Å². The van der Waals surface area contributed by atoms with Gasteiger partial charge in [0.25, 0.3) is 0 Å². The van der Waals surface area contributed by atoms with Crippen LogP contribution in [0.1, 0.15) is 17.7 Å². The van der Waals surface area contributed by atoms with Crippen LogP contribution in [0.5, 0.6) is 0 Å². The fraction of sp³-hybridized carbons (Fsp3) is 0.316. The van der Waals surface area contributed by atoms with Crippen LogP contribution >= 0.6 is 24.0 Å². The molecule has 2 aromatic rings. The van der Waals surface area contributed by atoms with E-state index in [2.05, 4.69) is 28.5 Å². The Morgan fingerprint density at radius 2 is 2.08 bits per heavy atom. The van der Waals surface area contributed by atoms with Crippen LogP contribution in [0.3, 0.4) is 0 Å². The molecule has 7 heteroatoms. The van der Waals surface area contributed by atoms with Gasteiger partial charge in [0.15, 0.2) is 5.11 Å². The summed E-state index contributed by atoms with van der Waals surface area (Å²) in [7, 11) is 0. The van der Waals surface area contributed by atoms with Gasteiger partial charge in [-0.05, 0) is 31.1 Å². The highest BCUT2D eigenvalue weighted by Gasteiger charge is 2.42. The second-order valence-corrected chi connectivity index (χ2v) is 8.08. The van der Waals surface area contributed by atoms with Gasteiger partial charge in [0.05, 0.1) is 23.3 Å². The molecule has 1 aromatic carbocycles. The quantitative estimate of drug-likeness (QED) is 0.803. The lowest BCUT2D eigenvalue weighted by Gasteiger charge is -2.35. The third kappa shape index (κ3) is 3.41. The molecule has 0 saturated carbocycles. The van der Waals surface area contributed by atoms with Gasteiger partial charge < -0.3 is 9.88 Å². The van der Waals surface area contributed by atoms with Crippen molar-refractivity contribution in [2.45, 2.75) is 25.3 Å². The maximum absolute atomic E-state index is 13.0. The van der Waals surface area contributed by atoms with E-state index in [0.717, 1.165) is 29.1 Å². The molecule has 1 amide bonds. The van der Waals surface area contributed by atoms with E-state index in [-0.39, 0.29) is 17.2 Å². The van der Waals surface area contributed by atoms with Gasteiger partial charge in [0.2, 0.25) is 5.91 Å². The van der Waals surface area contributed by atoms with Crippen LogP contribution in [-0.4, -0.2) is 37.4 Å². The van der Waals surface area contributed by atoms with Crippen LogP contribution < -0.4 is 5.32 Å². The van der Waals surface area contributed by atoms with Crippen LogP contribution in [0.4, 0.5) is 0 Å². The molecule has 26 heavy (non-hydrogen) atoms. The lowest BCUT2D eigenvalue weighted by atomic mass is 10.0. The molecule has 1 aromatic heterocycles. The van der Waals surface area contributed by atoms with Crippen molar-refractivity contribution in [2.24, 2.45) is 5.92 Å². The first-order valence-corrected chi connectivity index (χ1v) is 9.95. The molecule has 4 rings (SSSR count). The zero-order valence-electron chi connectivity index (χ0n) is 14.5. The third-order valence-corrected chi connectivity index (χ3v) is 6.22. The highest BCUT2D eigenvalue weighted by molar-refractivity contribution is 8.09. The van der Waals surface area contributed by atoms with E-state index in [1.807, 2.05) is 42.2 Å². The minimum Gasteiger partial charge on any atom is -0.349 e. The molecule has 1 N–H and O–H groups in total. The Kier molecular flexibility index (Phi) is 4.82. The van der Waals surface area contributed by atoms with Crippen molar-refractivity contribution in [1.82, 2.24) is 19.8 Å². The van der Waals surface area contributed by atoms with Gasteiger partial charge in [-0.25, -0.2) is 4.98 Å². The van der Waals surface area contributed by atoms with Crippen molar-refractivity contribution in [3.05, 3.63) is 60.2 Å². The van der Waals surface area contributed by atoms with Crippen LogP contribution in [0, 0.1) is 12.8 Å². The highest BCUT2D eigenvalue weighted by Crippen LogP contribution is 2.43. The van der Waals surface area contributed by atoms with Crippen LogP contribution in [-0.2, 0) is 11.3 Å². The van der Waals surface area contributed by atoms with Crippen molar-refractivity contribution in [1.29, 1.82) is 0 Å². The Morgan fingerprint density at radius 1 is 1.27 bits per heavy atom. The molecule has 2 atom stereocenters. The van der Waals surface area contributed by atoms with Gasteiger partial charge in [0.1, 0.15) is 0 Å². The fourth-order valence-corrected chi connectivity index (χ4v) is 4.95. The Bertz CT molecular complexity index is 861. The summed E-state index contributed by atoms with van der Waals surface area (Å²) in [5.74, 6) is -0.0728. The van der Waals surface area contributed by atoms with E-state index >= 15 is 0 Å². The molecule has 2 unspecified atom stereocenters. The average molecular weight is 385 g/mol. The molecule has 0 aliphatic carbocycles. The molecular formula is C19H20N4OS2. The van der Waals surface area contributed by atoms with E-state index in [4.69, 9.17) is 12.2 Å². The van der Waals surface area contributed by atoms with Crippen molar-refractivity contribution in [2.75, 3.05) is 6.54 Å². The first kappa shape index (κ1) is 17.3. The van der Waals surface area contributed by atoms with Crippen molar-refractivity contribution in [3.8, 4) is 0 Å². The molecule has 134 valence electrons. The summed E-state index contributed by atoms with van der Waals surface area (Å²) in [5.41, 5.74) is 2.15. The number of benzene rings is 1. The predicted octanol–water partition coefficient (Wildman–Crippen LogP) is 3.03. The second kappa shape index (κ2) is 7.25. The standard InChI is InChI=1S/C19H20N4OS2/c1-13-11-22(12-20-13)8-5-9-23-18(24)15-10-16(14-6-3-2-4-7-14)26-17(15)21-19(23)25/h2-4,6-7,10-12,15,17H,5,8-9H2,1H3,(H,21,25). The number of carbonyl (C=O) groups is 1. The van der Waals surface area contributed by atoms with Gasteiger partial charge in [-0.3, -0.25) is 9.69 Å². The lowest BCUT2D eigenvalue weighted by molar-refractivity contribution is -0.131. The summed E-state index contributed by atoms with van der Waals surface area (Å²) in [6, 6.07) is 10.2. The number of amides is 1. The van der Waals surface area contributed by atoms with Crippen molar-refractivity contribution >= 4 is 39.9 Å². The average Bonchev–Trinajstić information content (AvgIpc) is 3.25. The first-order valence-electron chi connectivity index (χ1n) is 8.66. The van der Waals surface area contributed by atoms with Crippen LogP contribution in [0.25, 0.3) is 4.91 Å². The zero-order valence-corrected chi connectivity index (χ0v) is 16.1. The number of thioether (sulfide) groups is 1. The first-order chi connectivity index (χ1) is 12.6. The summed E-state index contributed by atoms with van der Waals surface area (Å²) in [5, 5.41) is 3.87. The predicted molar refractivity (Wildman–Crippen MR) is 108 cm³/mol. The van der Waals surface area contributed by atoms with Crippen molar-refractivity contribution < 1.29 is 4.79 Å². The number of aryl methyl sites for hydroxylation is 2. The fourth-order valence-electron chi connectivity index (χ4n) is 3.28. The number of aromatic nitrogens is 2. The number of nitrogens with one attached hydrogen (secondary N) is 1. The third-order valence-electron chi connectivity index (χ3n) is 4.59. The lowest BCUT2D eigenvalue weighted by Crippen LogP contribution is -2.57. The maximum Gasteiger partial charge on any atom is 0.238 e. The van der Waals surface area contributed by atoms with Gasteiger partial charge in [-0.15, -0.1) is 0 Å². The number of carbonyl (C=O) groups excluding carboxylic acids is 1. The zero-order chi connectivity index (χ0) is 18.1. The molecule has 1 fully saturated rings. The normalized spacial score (nSPS) is 22.2. The molecular weight excluding hydrogens is 364 g/mol. The SMILES string of the molecule is Cc1cn(CCCN2C(=O)C3C=C(c4ccccc4)SC3NC2=S)cn1. The summed E-state index contributed by atoms with van der Waals surface area (Å²) >= 11 is 7.14. The van der Waals surface area contributed by atoms with E-state index < -0.39 is 0 Å². The Morgan fingerprint density at radius 3 is 2.81 bits per heavy atom. The minimum absolute atomic E-state index is 0.00208. The number of hydrogen-bond acceptors (Lipinski definition) is 4. The number of imidazole rings is 1. The summed E-state index contributed by atoms with van der Waals surface area (Å²) in [4.78, 5) is 20.0. The minimum atomic E-state index is -0.169.